The molecule has 0 saturated carbocycles. The summed E-state index contributed by atoms with van der Waals surface area (Å²) in [5.74, 6) is 0.705. The van der Waals surface area contributed by atoms with Crippen LogP contribution in [-0.2, 0) is 17.6 Å². The number of aromatic nitrogens is 2. The summed E-state index contributed by atoms with van der Waals surface area (Å²) in [5, 5.41) is 7.75. The molecular weight excluding hydrogens is 364 g/mol. The third kappa shape index (κ3) is 4.53. The Bertz CT molecular complexity index is 709. The van der Waals surface area contributed by atoms with Gasteiger partial charge in [-0.2, -0.15) is 5.10 Å². The van der Waals surface area contributed by atoms with Crippen LogP contribution in [0.3, 0.4) is 0 Å². The average molecular weight is 403 g/mol. The molecule has 0 unspecified atom stereocenters. The normalized spacial score (nSPS) is 26.5. The second-order valence-corrected chi connectivity index (χ2v) is 10.5. The van der Waals surface area contributed by atoms with Crippen LogP contribution in [-0.4, -0.2) is 71.3 Å². The largest absolute Gasteiger partial charge is 0.376 e. The van der Waals surface area contributed by atoms with E-state index in [-0.39, 0.29) is 23.5 Å². The highest BCUT2D eigenvalue weighted by Gasteiger charge is 2.36. The molecule has 3 heterocycles. The van der Waals surface area contributed by atoms with Gasteiger partial charge in [-0.3, -0.25) is 9.89 Å². The topological polar surface area (TPSA) is 61.5 Å². The monoisotopic (exact) mass is 402 g/mol. The summed E-state index contributed by atoms with van der Waals surface area (Å²) < 4.78 is 5.90. The number of fused-ring (bicyclic) bond motifs is 1. The van der Waals surface area contributed by atoms with Crippen molar-refractivity contribution in [2.75, 3.05) is 33.3 Å². The zero-order valence-electron chi connectivity index (χ0n) is 18.7. The van der Waals surface area contributed by atoms with E-state index < -0.39 is 0 Å². The van der Waals surface area contributed by atoms with Crippen molar-refractivity contribution >= 4 is 5.91 Å². The molecule has 3 aliphatic rings. The standard InChI is InChI=1S/C23H38N4O2/c1-23(2,3)16-7-8-20-19(14-16)21(25-24-20)22(28)27(15-18-6-5-13-29-18)17-9-11-26(4)12-10-17/h16-18H,5-15H2,1-4H3,(H,24,25)/t16-,18+/m0/s1. The van der Waals surface area contributed by atoms with Gasteiger partial charge >= 0.3 is 0 Å². The van der Waals surface area contributed by atoms with Crippen LogP contribution >= 0.6 is 0 Å². The fourth-order valence-corrected chi connectivity index (χ4v) is 5.26. The zero-order valence-corrected chi connectivity index (χ0v) is 18.7. The summed E-state index contributed by atoms with van der Waals surface area (Å²) in [5.41, 5.74) is 3.27. The summed E-state index contributed by atoms with van der Waals surface area (Å²) in [6.45, 7) is 10.6. The number of aromatic amines is 1. The van der Waals surface area contributed by atoms with Gasteiger partial charge in [0.15, 0.2) is 5.69 Å². The number of nitrogens with one attached hydrogen (secondary N) is 1. The lowest BCUT2D eigenvalue weighted by atomic mass is 9.71. The first-order valence-corrected chi connectivity index (χ1v) is 11.5. The van der Waals surface area contributed by atoms with Crippen LogP contribution in [0.4, 0.5) is 0 Å². The van der Waals surface area contributed by atoms with E-state index in [1.165, 1.54) is 17.7 Å². The van der Waals surface area contributed by atoms with Crippen LogP contribution < -0.4 is 0 Å². The molecule has 0 radical (unpaired) electrons. The van der Waals surface area contributed by atoms with Gasteiger partial charge in [-0.25, -0.2) is 0 Å². The number of carbonyl (C=O) groups is 1. The molecule has 2 saturated heterocycles. The van der Waals surface area contributed by atoms with Gasteiger partial charge in [0, 0.05) is 30.5 Å². The third-order valence-electron chi connectivity index (χ3n) is 7.39. The van der Waals surface area contributed by atoms with Crippen molar-refractivity contribution in [3.05, 3.63) is 17.0 Å². The van der Waals surface area contributed by atoms with Crippen molar-refractivity contribution < 1.29 is 9.53 Å². The maximum atomic E-state index is 13.8. The molecule has 162 valence electrons. The third-order valence-corrected chi connectivity index (χ3v) is 7.39. The summed E-state index contributed by atoms with van der Waals surface area (Å²) >= 11 is 0. The van der Waals surface area contributed by atoms with Gasteiger partial charge in [0.05, 0.1) is 6.10 Å². The summed E-state index contributed by atoms with van der Waals surface area (Å²) in [4.78, 5) is 18.2. The minimum absolute atomic E-state index is 0.113. The smallest absolute Gasteiger partial charge is 0.274 e. The lowest BCUT2D eigenvalue weighted by Crippen LogP contribution is -2.49. The Balaban J connectivity index is 1.57. The van der Waals surface area contributed by atoms with Crippen LogP contribution in [0.2, 0.25) is 0 Å². The molecule has 1 aromatic heterocycles. The van der Waals surface area contributed by atoms with Gasteiger partial charge in [0.2, 0.25) is 0 Å². The second-order valence-electron chi connectivity index (χ2n) is 10.5. The second kappa shape index (κ2) is 8.38. The van der Waals surface area contributed by atoms with Gasteiger partial charge in [0.25, 0.3) is 5.91 Å². The molecule has 1 aromatic rings. The summed E-state index contributed by atoms with van der Waals surface area (Å²) in [7, 11) is 2.17. The molecule has 4 rings (SSSR count). The van der Waals surface area contributed by atoms with Crippen LogP contribution in [0, 0.1) is 11.3 Å². The number of nitrogens with zero attached hydrogens (tertiary/aromatic N) is 3. The number of hydrogen-bond donors (Lipinski definition) is 1. The fourth-order valence-electron chi connectivity index (χ4n) is 5.26. The average Bonchev–Trinajstić information content (AvgIpc) is 3.35. The molecule has 1 amide bonds. The van der Waals surface area contributed by atoms with Crippen LogP contribution in [0.1, 0.15) is 74.6 Å². The van der Waals surface area contributed by atoms with Crippen molar-refractivity contribution in [1.82, 2.24) is 20.0 Å². The number of amides is 1. The van der Waals surface area contributed by atoms with Crippen LogP contribution in [0.15, 0.2) is 0 Å². The highest BCUT2D eigenvalue weighted by atomic mass is 16.5. The van der Waals surface area contributed by atoms with E-state index in [9.17, 15) is 4.79 Å². The summed E-state index contributed by atoms with van der Waals surface area (Å²) in [6.07, 6.45) is 7.52. The Morgan fingerprint density at radius 2 is 2.00 bits per heavy atom. The van der Waals surface area contributed by atoms with Crippen molar-refractivity contribution in [2.24, 2.45) is 11.3 Å². The molecule has 29 heavy (non-hydrogen) atoms. The predicted molar refractivity (Wildman–Crippen MR) is 114 cm³/mol. The van der Waals surface area contributed by atoms with E-state index in [2.05, 4.69) is 47.8 Å². The van der Waals surface area contributed by atoms with E-state index in [0.29, 0.717) is 18.2 Å². The van der Waals surface area contributed by atoms with E-state index in [1.807, 2.05) is 0 Å². The van der Waals surface area contributed by atoms with E-state index in [0.717, 1.165) is 58.2 Å². The number of piperidine rings is 1. The highest BCUT2D eigenvalue weighted by Crippen LogP contribution is 2.38. The lowest BCUT2D eigenvalue weighted by molar-refractivity contribution is 0.0314. The first-order valence-electron chi connectivity index (χ1n) is 11.5. The fraction of sp³-hybridized carbons (Fsp3) is 0.826. The Hall–Kier alpha value is -1.40. The first-order chi connectivity index (χ1) is 13.8. The Morgan fingerprint density at radius 1 is 1.24 bits per heavy atom. The Morgan fingerprint density at radius 3 is 2.66 bits per heavy atom. The number of aryl methyl sites for hydroxylation is 1. The molecular formula is C23H38N4O2. The summed E-state index contributed by atoms with van der Waals surface area (Å²) in [6, 6.07) is 0.289. The Kier molecular flexibility index (Phi) is 6.03. The predicted octanol–water partition coefficient (Wildman–Crippen LogP) is 3.28. The number of ether oxygens (including phenoxy) is 1. The molecule has 2 aliphatic heterocycles. The van der Waals surface area contributed by atoms with Crippen molar-refractivity contribution in [3.63, 3.8) is 0 Å². The van der Waals surface area contributed by atoms with Crippen LogP contribution in [0.25, 0.3) is 0 Å². The molecule has 2 fully saturated rings. The van der Waals surface area contributed by atoms with Gasteiger partial charge in [-0.1, -0.05) is 20.8 Å². The quantitative estimate of drug-likeness (QED) is 0.840. The highest BCUT2D eigenvalue weighted by molar-refractivity contribution is 5.94. The minimum atomic E-state index is 0.113. The van der Waals surface area contributed by atoms with Gasteiger partial charge in [-0.05, 0) is 76.4 Å². The molecule has 0 aromatic carbocycles. The zero-order chi connectivity index (χ0) is 20.6. The lowest BCUT2D eigenvalue weighted by Gasteiger charge is -2.38. The first kappa shape index (κ1) is 20.9. The van der Waals surface area contributed by atoms with Gasteiger partial charge in [0.1, 0.15) is 0 Å². The maximum Gasteiger partial charge on any atom is 0.274 e. The number of H-pyrrole nitrogens is 1. The number of likely N-dealkylation sites (tertiary alicyclic amines) is 1. The number of hydrogen-bond acceptors (Lipinski definition) is 4. The van der Waals surface area contributed by atoms with Crippen molar-refractivity contribution in [3.8, 4) is 0 Å². The van der Waals surface area contributed by atoms with Crippen molar-refractivity contribution in [2.45, 2.75) is 77.9 Å². The van der Waals surface area contributed by atoms with Crippen molar-refractivity contribution in [1.29, 1.82) is 0 Å². The molecule has 6 heteroatoms. The molecule has 6 nitrogen and oxygen atoms in total. The maximum absolute atomic E-state index is 13.8. The minimum Gasteiger partial charge on any atom is -0.376 e. The molecule has 0 bridgehead atoms. The molecule has 2 atom stereocenters. The van der Waals surface area contributed by atoms with E-state index in [4.69, 9.17) is 4.74 Å². The molecule has 0 spiro atoms. The molecule has 1 N–H and O–H groups in total. The number of rotatable bonds is 4. The molecule has 1 aliphatic carbocycles. The van der Waals surface area contributed by atoms with E-state index in [1.54, 1.807) is 0 Å². The van der Waals surface area contributed by atoms with Crippen LogP contribution in [0.5, 0.6) is 0 Å². The van der Waals surface area contributed by atoms with Gasteiger partial charge in [-0.15, -0.1) is 0 Å². The SMILES string of the molecule is CN1CCC(N(C[C@H]2CCCO2)C(=O)c2n[nH]c3c2C[C@@H](C(C)(C)C)CC3)CC1. The Labute approximate surface area is 175 Å². The van der Waals surface area contributed by atoms with Gasteiger partial charge < -0.3 is 14.5 Å². The van der Waals surface area contributed by atoms with E-state index >= 15 is 0 Å². The number of carbonyl (C=O) groups excluding carboxylic acids is 1.